The number of sulfonamides is 1. The molecule has 2 aliphatic rings. The molecular formula is C15H22N2O2S. The van der Waals surface area contributed by atoms with Crippen LogP contribution in [0.25, 0.3) is 0 Å². The van der Waals surface area contributed by atoms with Gasteiger partial charge in [0.25, 0.3) is 0 Å². The van der Waals surface area contributed by atoms with Gasteiger partial charge in [-0.15, -0.1) is 0 Å². The zero-order valence-electron chi connectivity index (χ0n) is 11.7. The maximum atomic E-state index is 12.5. The van der Waals surface area contributed by atoms with Crippen molar-refractivity contribution < 1.29 is 8.42 Å². The van der Waals surface area contributed by atoms with Gasteiger partial charge in [-0.05, 0) is 62.3 Å². The highest BCUT2D eigenvalue weighted by atomic mass is 32.2. The van der Waals surface area contributed by atoms with Gasteiger partial charge in [-0.25, -0.2) is 8.42 Å². The van der Waals surface area contributed by atoms with Crippen LogP contribution in [-0.4, -0.2) is 26.8 Å². The Bertz CT molecular complexity index is 578. The molecule has 1 aromatic rings. The van der Waals surface area contributed by atoms with Crippen molar-refractivity contribution in [1.82, 2.24) is 5.32 Å². The van der Waals surface area contributed by atoms with E-state index in [9.17, 15) is 8.42 Å². The second-order valence-electron chi connectivity index (χ2n) is 5.77. The molecule has 20 heavy (non-hydrogen) atoms. The molecule has 1 aromatic carbocycles. The van der Waals surface area contributed by atoms with E-state index < -0.39 is 10.0 Å². The van der Waals surface area contributed by atoms with E-state index in [1.807, 2.05) is 12.1 Å². The molecule has 110 valence electrons. The fraction of sp³-hybridized carbons (Fsp3) is 0.600. The van der Waals surface area contributed by atoms with Crippen LogP contribution in [0.1, 0.15) is 36.8 Å². The van der Waals surface area contributed by atoms with Crippen molar-refractivity contribution in [3.05, 3.63) is 29.3 Å². The largest absolute Gasteiger partial charge is 0.315 e. The maximum Gasteiger partial charge on any atom is 0.236 e. The van der Waals surface area contributed by atoms with Crippen LogP contribution in [0, 0.1) is 0 Å². The second-order valence-corrected chi connectivity index (χ2v) is 7.73. The molecule has 4 nitrogen and oxygen atoms in total. The summed E-state index contributed by atoms with van der Waals surface area (Å²) < 4.78 is 27.8. The van der Waals surface area contributed by atoms with E-state index in [2.05, 4.69) is 16.1 Å². The summed E-state index contributed by atoms with van der Waals surface area (Å²) in [7, 11) is -3.28. The van der Waals surface area contributed by atoms with E-state index in [-0.39, 0.29) is 5.25 Å². The van der Waals surface area contributed by atoms with E-state index in [0.29, 0.717) is 6.54 Å². The van der Waals surface area contributed by atoms with Crippen LogP contribution >= 0.6 is 0 Å². The third kappa shape index (κ3) is 2.83. The van der Waals surface area contributed by atoms with E-state index in [1.54, 1.807) is 0 Å². The fourth-order valence-corrected chi connectivity index (χ4v) is 4.68. The third-order valence-corrected chi connectivity index (χ3v) is 6.12. The summed E-state index contributed by atoms with van der Waals surface area (Å²) in [4.78, 5) is 0. The normalized spacial score (nSPS) is 23.1. The molecule has 1 fully saturated rings. The zero-order chi connectivity index (χ0) is 14.0. The smallest absolute Gasteiger partial charge is 0.236 e. The highest BCUT2D eigenvalue weighted by Crippen LogP contribution is 2.29. The second kappa shape index (κ2) is 5.74. The lowest BCUT2D eigenvalue weighted by Crippen LogP contribution is -2.41. The number of hydrogen-bond donors (Lipinski definition) is 2. The molecule has 2 N–H and O–H groups in total. The van der Waals surface area contributed by atoms with Gasteiger partial charge in [-0.2, -0.15) is 0 Å². The van der Waals surface area contributed by atoms with Gasteiger partial charge in [0.05, 0.1) is 10.9 Å². The van der Waals surface area contributed by atoms with Crippen molar-refractivity contribution in [2.24, 2.45) is 0 Å². The first-order chi connectivity index (χ1) is 9.67. The molecule has 1 saturated heterocycles. The van der Waals surface area contributed by atoms with Crippen molar-refractivity contribution in [2.45, 2.75) is 43.8 Å². The molecule has 0 spiro atoms. The Morgan fingerprint density at radius 3 is 2.80 bits per heavy atom. The average Bonchev–Trinajstić information content (AvgIpc) is 2.48. The van der Waals surface area contributed by atoms with Crippen molar-refractivity contribution >= 4 is 15.7 Å². The van der Waals surface area contributed by atoms with E-state index >= 15 is 0 Å². The van der Waals surface area contributed by atoms with Crippen LogP contribution in [0.3, 0.4) is 0 Å². The molecule has 0 radical (unpaired) electrons. The molecule has 3 rings (SSSR count). The number of rotatable bonds is 3. The number of nitrogens with one attached hydrogen (secondary N) is 2. The molecule has 1 unspecified atom stereocenters. The topological polar surface area (TPSA) is 58.2 Å². The molecule has 0 amide bonds. The zero-order valence-corrected chi connectivity index (χ0v) is 12.5. The Morgan fingerprint density at radius 1 is 1.15 bits per heavy atom. The minimum atomic E-state index is -3.28. The van der Waals surface area contributed by atoms with Gasteiger partial charge in [0.15, 0.2) is 0 Å². The summed E-state index contributed by atoms with van der Waals surface area (Å²) in [5.74, 6) is 0. The summed E-state index contributed by atoms with van der Waals surface area (Å²) in [6.45, 7) is 1.48. The third-order valence-electron chi connectivity index (χ3n) is 4.34. The molecule has 0 bridgehead atoms. The Balaban J connectivity index is 1.83. The van der Waals surface area contributed by atoms with Crippen molar-refractivity contribution in [3.63, 3.8) is 0 Å². The van der Waals surface area contributed by atoms with Crippen LogP contribution in [-0.2, 0) is 22.9 Å². The van der Waals surface area contributed by atoms with E-state index in [0.717, 1.165) is 44.3 Å². The van der Waals surface area contributed by atoms with Gasteiger partial charge in [0.1, 0.15) is 0 Å². The molecule has 5 heteroatoms. The van der Waals surface area contributed by atoms with Crippen LogP contribution < -0.4 is 10.0 Å². The molecule has 1 atom stereocenters. The predicted octanol–water partition coefficient (Wildman–Crippen LogP) is 2.06. The van der Waals surface area contributed by atoms with Gasteiger partial charge in [-0.1, -0.05) is 12.1 Å². The van der Waals surface area contributed by atoms with Crippen molar-refractivity contribution in [3.8, 4) is 0 Å². The minimum absolute atomic E-state index is 0.310. The summed E-state index contributed by atoms with van der Waals surface area (Å²) in [6, 6.07) is 5.98. The molecule has 1 heterocycles. The van der Waals surface area contributed by atoms with E-state index in [4.69, 9.17) is 0 Å². The summed E-state index contributed by atoms with van der Waals surface area (Å²) in [5.41, 5.74) is 3.30. The SMILES string of the molecule is O=S(=O)(Nc1cccc2c1CCCC2)C1CCCNC1. The van der Waals surface area contributed by atoms with Gasteiger partial charge >= 0.3 is 0 Å². The van der Waals surface area contributed by atoms with Crippen LogP contribution in [0.2, 0.25) is 0 Å². The highest BCUT2D eigenvalue weighted by molar-refractivity contribution is 7.93. The van der Waals surface area contributed by atoms with Crippen LogP contribution in [0.4, 0.5) is 5.69 Å². The standard InChI is InChI=1S/C15H22N2O2S/c18-20(19,13-7-4-10-16-11-13)17-15-9-3-6-12-5-1-2-8-14(12)15/h3,6,9,13,16-17H,1-2,4-5,7-8,10-11H2. The van der Waals surface area contributed by atoms with Crippen molar-refractivity contribution in [1.29, 1.82) is 0 Å². The molecule has 1 aliphatic heterocycles. The van der Waals surface area contributed by atoms with E-state index in [1.165, 1.54) is 17.5 Å². The number of benzene rings is 1. The van der Waals surface area contributed by atoms with Gasteiger partial charge in [0, 0.05) is 6.54 Å². The number of piperidine rings is 1. The number of hydrogen-bond acceptors (Lipinski definition) is 3. The lowest BCUT2D eigenvalue weighted by molar-refractivity contribution is 0.499. The number of anilines is 1. The molecule has 0 saturated carbocycles. The number of fused-ring (bicyclic) bond motifs is 1. The summed E-state index contributed by atoms with van der Waals surface area (Å²) >= 11 is 0. The maximum absolute atomic E-state index is 12.5. The van der Waals surface area contributed by atoms with Gasteiger partial charge in [0.2, 0.25) is 10.0 Å². The molecular weight excluding hydrogens is 272 g/mol. The Hall–Kier alpha value is -1.07. The van der Waals surface area contributed by atoms with Crippen LogP contribution in [0.15, 0.2) is 18.2 Å². The first kappa shape index (κ1) is 13.9. The minimum Gasteiger partial charge on any atom is -0.315 e. The lowest BCUT2D eigenvalue weighted by atomic mass is 9.91. The quantitative estimate of drug-likeness (QED) is 0.897. The monoisotopic (exact) mass is 294 g/mol. The first-order valence-electron chi connectivity index (χ1n) is 7.50. The highest BCUT2D eigenvalue weighted by Gasteiger charge is 2.28. The van der Waals surface area contributed by atoms with Gasteiger partial charge in [-0.3, -0.25) is 4.72 Å². The first-order valence-corrected chi connectivity index (χ1v) is 9.04. The fourth-order valence-electron chi connectivity index (χ4n) is 3.20. The summed E-state index contributed by atoms with van der Waals surface area (Å²) in [5, 5.41) is 2.86. The van der Waals surface area contributed by atoms with Gasteiger partial charge < -0.3 is 5.32 Å². The Kier molecular flexibility index (Phi) is 3.98. The molecule has 0 aromatic heterocycles. The Labute approximate surface area is 121 Å². The van der Waals surface area contributed by atoms with Crippen LogP contribution in [0.5, 0.6) is 0 Å². The average molecular weight is 294 g/mol. The summed E-state index contributed by atoms with van der Waals surface area (Å²) in [6.07, 6.45) is 6.08. The molecule has 1 aliphatic carbocycles. The lowest BCUT2D eigenvalue weighted by Gasteiger charge is -2.25. The Morgan fingerprint density at radius 2 is 2.00 bits per heavy atom. The van der Waals surface area contributed by atoms with Crippen molar-refractivity contribution in [2.75, 3.05) is 17.8 Å². The number of aryl methyl sites for hydroxylation is 1. The predicted molar refractivity (Wildman–Crippen MR) is 81.5 cm³/mol.